The summed E-state index contributed by atoms with van der Waals surface area (Å²) < 4.78 is 0. The Morgan fingerprint density at radius 2 is 2.17 bits per heavy atom. The fourth-order valence-electron chi connectivity index (χ4n) is 1.04. The fourth-order valence-corrected chi connectivity index (χ4v) is 1.04. The first-order chi connectivity index (χ1) is 5.68. The summed E-state index contributed by atoms with van der Waals surface area (Å²) in [6.07, 6.45) is 0. The third-order valence-electron chi connectivity index (χ3n) is 1.60. The van der Waals surface area contributed by atoms with Gasteiger partial charge in [-0.25, -0.2) is 4.98 Å². The van der Waals surface area contributed by atoms with Crippen LogP contribution in [0, 0.1) is 6.92 Å². The van der Waals surface area contributed by atoms with E-state index in [0.29, 0.717) is 11.0 Å². The fraction of sp³-hybridized carbons (Fsp3) is 0.167. The molecule has 6 heteroatoms. The standard InChI is InChI=1S/C6H7N5O/c1-2-3-4(11-10-2)5(12)9-6(7)8-3/h1H3,(H,10,11)(H3,7,8,9,12). The predicted molar refractivity (Wildman–Crippen MR) is 43.7 cm³/mol. The van der Waals surface area contributed by atoms with Gasteiger partial charge in [-0.3, -0.25) is 14.9 Å². The van der Waals surface area contributed by atoms with Crippen LogP contribution in [0.15, 0.2) is 4.79 Å². The zero-order valence-corrected chi connectivity index (χ0v) is 6.38. The first-order valence-corrected chi connectivity index (χ1v) is 3.39. The van der Waals surface area contributed by atoms with Gasteiger partial charge < -0.3 is 5.73 Å². The SMILES string of the molecule is Cc1[nH]nc2c(=O)[nH]c(N)nc12. The quantitative estimate of drug-likeness (QED) is 0.491. The Morgan fingerprint density at radius 3 is 2.92 bits per heavy atom. The number of H-pyrrole nitrogens is 2. The van der Waals surface area contributed by atoms with E-state index >= 15 is 0 Å². The molecule has 2 heterocycles. The lowest BCUT2D eigenvalue weighted by molar-refractivity contribution is 1.06. The lowest BCUT2D eigenvalue weighted by Crippen LogP contribution is -2.10. The third kappa shape index (κ3) is 0.777. The van der Waals surface area contributed by atoms with Crippen LogP contribution in [0.2, 0.25) is 0 Å². The Hall–Kier alpha value is -1.85. The van der Waals surface area contributed by atoms with Gasteiger partial charge in [0.05, 0.1) is 5.69 Å². The number of rotatable bonds is 0. The smallest absolute Gasteiger partial charge is 0.280 e. The minimum atomic E-state index is -0.318. The van der Waals surface area contributed by atoms with Crippen molar-refractivity contribution in [3.63, 3.8) is 0 Å². The molecule has 0 bridgehead atoms. The number of aryl methyl sites for hydroxylation is 1. The van der Waals surface area contributed by atoms with E-state index < -0.39 is 0 Å². The van der Waals surface area contributed by atoms with E-state index in [2.05, 4.69) is 20.2 Å². The van der Waals surface area contributed by atoms with Crippen molar-refractivity contribution in [1.82, 2.24) is 20.2 Å². The van der Waals surface area contributed by atoms with Crippen LogP contribution >= 0.6 is 0 Å². The molecule has 0 aromatic carbocycles. The van der Waals surface area contributed by atoms with E-state index in [0.717, 1.165) is 5.69 Å². The molecule has 0 radical (unpaired) electrons. The van der Waals surface area contributed by atoms with Crippen molar-refractivity contribution in [2.75, 3.05) is 5.73 Å². The molecule has 2 aromatic rings. The number of aromatic nitrogens is 4. The van der Waals surface area contributed by atoms with Gasteiger partial charge in [-0.15, -0.1) is 0 Å². The van der Waals surface area contributed by atoms with Crippen molar-refractivity contribution in [2.24, 2.45) is 0 Å². The van der Waals surface area contributed by atoms with Crippen molar-refractivity contribution in [2.45, 2.75) is 6.92 Å². The predicted octanol–water partition coefficient (Wildman–Crippen LogP) is -0.463. The highest BCUT2D eigenvalue weighted by atomic mass is 16.1. The second-order valence-corrected chi connectivity index (χ2v) is 2.50. The van der Waals surface area contributed by atoms with Crippen LogP contribution in [0.5, 0.6) is 0 Å². The maximum atomic E-state index is 11.2. The zero-order chi connectivity index (χ0) is 8.72. The number of hydrogen-bond donors (Lipinski definition) is 3. The van der Waals surface area contributed by atoms with Crippen molar-refractivity contribution >= 4 is 17.0 Å². The molecule has 2 aromatic heterocycles. The van der Waals surface area contributed by atoms with Crippen LogP contribution in [0.25, 0.3) is 11.0 Å². The van der Waals surface area contributed by atoms with E-state index in [1.807, 2.05) is 0 Å². The molecule has 0 atom stereocenters. The highest BCUT2D eigenvalue weighted by Crippen LogP contribution is 2.07. The van der Waals surface area contributed by atoms with Gasteiger partial charge in [-0.05, 0) is 6.92 Å². The topological polar surface area (TPSA) is 100 Å². The molecule has 0 saturated carbocycles. The minimum absolute atomic E-state index is 0.108. The molecule has 62 valence electrons. The summed E-state index contributed by atoms with van der Waals surface area (Å²) >= 11 is 0. The second kappa shape index (κ2) is 2.07. The Kier molecular flexibility index (Phi) is 1.18. The maximum Gasteiger partial charge on any atom is 0.280 e. The number of hydrogen-bond acceptors (Lipinski definition) is 4. The molecule has 0 amide bonds. The van der Waals surface area contributed by atoms with Crippen molar-refractivity contribution < 1.29 is 0 Å². The highest BCUT2D eigenvalue weighted by Gasteiger charge is 2.06. The van der Waals surface area contributed by atoms with Crippen LogP contribution < -0.4 is 11.3 Å². The number of nitrogens with two attached hydrogens (primary N) is 1. The Balaban J connectivity index is 3.03. The number of aromatic amines is 2. The molecule has 0 aliphatic rings. The van der Waals surface area contributed by atoms with Gasteiger partial charge in [-0.1, -0.05) is 0 Å². The molecule has 12 heavy (non-hydrogen) atoms. The van der Waals surface area contributed by atoms with Gasteiger partial charge >= 0.3 is 0 Å². The summed E-state index contributed by atoms with van der Waals surface area (Å²) in [4.78, 5) is 17.4. The summed E-state index contributed by atoms with van der Waals surface area (Å²) in [5, 5.41) is 6.43. The molecule has 0 spiro atoms. The molecule has 0 unspecified atom stereocenters. The number of fused-ring (bicyclic) bond motifs is 1. The molecule has 4 N–H and O–H groups in total. The van der Waals surface area contributed by atoms with Crippen LogP contribution in [0.3, 0.4) is 0 Å². The lowest BCUT2D eigenvalue weighted by Gasteiger charge is -1.90. The van der Waals surface area contributed by atoms with Crippen LogP contribution in [-0.2, 0) is 0 Å². The molecular formula is C6H7N5O. The molecule has 2 rings (SSSR count). The van der Waals surface area contributed by atoms with Gasteiger partial charge in [0.1, 0.15) is 5.52 Å². The Labute approximate surface area is 66.8 Å². The average molecular weight is 165 g/mol. The van der Waals surface area contributed by atoms with Gasteiger partial charge in [0.2, 0.25) is 5.95 Å². The van der Waals surface area contributed by atoms with E-state index in [1.165, 1.54) is 0 Å². The first kappa shape index (κ1) is 6.84. The maximum absolute atomic E-state index is 11.2. The van der Waals surface area contributed by atoms with E-state index in [1.54, 1.807) is 6.92 Å². The summed E-state index contributed by atoms with van der Waals surface area (Å²) in [6, 6.07) is 0. The molecule has 0 aliphatic carbocycles. The number of anilines is 1. The summed E-state index contributed by atoms with van der Waals surface area (Å²) in [7, 11) is 0. The highest BCUT2D eigenvalue weighted by molar-refractivity contribution is 5.76. The molecule has 0 aliphatic heterocycles. The molecular weight excluding hydrogens is 158 g/mol. The van der Waals surface area contributed by atoms with E-state index in [-0.39, 0.29) is 11.5 Å². The van der Waals surface area contributed by atoms with Gasteiger partial charge in [-0.2, -0.15) is 5.10 Å². The van der Waals surface area contributed by atoms with Crippen LogP contribution in [0.4, 0.5) is 5.95 Å². The largest absolute Gasteiger partial charge is 0.369 e. The average Bonchev–Trinajstić information content (AvgIpc) is 2.33. The van der Waals surface area contributed by atoms with Gasteiger partial charge in [0.25, 0.3) is 5.56 Å². The van der Waals surface area contributed by atoms with E-state index in [9.17, 15) is 4.79 Å². The third-order valence-corrected chi connectivity index (χ3v) is 1.60. The van der Waals surface area contributed by atoms with Crippen LogP contribution in [-0.4, -0.2) is 20.2 Å². The number of nitrogens with zero attached hydrogens (tertiary/aromatic N) is 2. The van der Waals surface area contributed by atoms with Crippen LogP contribution in [0.1, 0.15) is 5.69 Å². The van der Waals surface area contributed by atoms with Gasteiger partial charge in [0, 0.05) is 0 Å². The second-order valence-electron chi connectivity index (χ2n) is 2.50. The Morgan fingerprint density at radius 1 is 1.42 bits per heavy atom. The van der Waals surface area contributed by atoms with Crippen molar-refractivity contribution in [3.05, 3.63) is 16.0 Å². The minimum Gasteiger partial charge on any atom is -0.369 e. The zero-order valence-electron chi connectivity index (χ0n) is 6.38. The van der Waals surface area contributed by atoms with Gasteiger partial charge in [0.15, 0.2) is 5.52 Å². The summed E-state index contributed by atoms with van der Waals surface area (Å²) in [5.41, 5.74) is 6.58. The van der Waals surface area contributed by atoms with Crippen molar-refractivity contribution in [3.8, 4) is 0 Å². The molecule has 0 saturated heterocycles. The van der Waals surface area contributed by atoms with Crippen molar-refractivity contribution in [1.29, 1.82) is 0 Å². The summed E-state index contributed by atoms with van der Waals surface area (Å²) in [5.74, 6) is 0.108. The summed E-state index contributed by atoms with van der Waals surface area (Å²) in [6.45, 7) is 1.78. The monoisotopic (exact) mass is 165 g/mol. The number of nitrogens with one attached hydrogen (secondary N) is 2. The normalized spacial score (nSPS) is 10.8. The lowest BCUT2D eigenvalue weighted by atomic mass is 10.4. The first-order valence-electron chi connectivity index (χ1n) is 3.39. The molecule has 6 nitrogen and oxygen atoms in total. The Bertz CT molecular complexity index is 482. The number of nitrogen functional groups attached to an aromatic ring is 1. The van der Waals surface area contributed by atoms with E-state index in [4.69, 9.17) is 5.73 Å². The molecule has 0 fully saturated rings.